The first kappa shape index (κ1) is 22.4. The maximum Gasteiger partial charge on any atom is 0.167 e. The lowest BCUT2D eigenvalue weighted by Crippen LogP contribution is -2.31. The molecular weight excluding hydrogens is 418 g/mol. The monoisotopic (exact) mass is 447 g/mol. The van der Waals surface area contributed by atoms with Crippen molar-refractivity contribution in [1.82, 2.24) is 4.90 Å². The molecule has 2 aliphatic rings. The second-order valence-corrected chi connectivity index (χ2v) is 8.94. The molecule has 0 aromatic heterocycles. The molecule has 0 amide bonds. The zero-order chi connectivity index (χ0) is 21.4. The van der Waals surface area contributed by atoms with E-state index in [1.807, 2.05) is 6.07 Å². The Morgan fingerprint density at radius 2 is 1.47 bits per heavy atom. The minimum absolute atomic E-state index is 0. The summed E-state index contributed by atoms with van der Waals surface area (Å²) >= 11 is 0. The highest BCUT2D eigenvalue weighted by Crippen LogP contribution is 2.51. The number of fused-ring (bicyclic) bond motifs is 5. The average Bonchev–Trinajstić information content (AvgIpc) is 3.18. The van der Waals surface area contributed by atoms with E-state index in [-0.39, 0.29) is 24.4 Å². The van der Waals surface area contributed by atoms with Crippen LogP contribution in [0.2, 0.25) is 0 Å². The number of benzene rings is 3. The lowest BCUT2D eigenvalue weighted by molar-refractivity contribution is 0.0772. The lowest BCUT2D eigenvalue weighted by Gasteiger charge is -2.31. The third-order valence-corrected chi connectivity index (χ3v) is 6.20. The van der Waals surface area contributed by atoms with Gasteiger partial charge in [0.15, 0.2) is 6.10 Å². The van der Waals surface area contributed by atoms with E-state index in [1.165, 1.54) is 22.5 Å². The summed E-state index contributed by atoms with van der Waals surface area (Å²) in [5, 5.41) is 4.61. The van der Waals surface area contributed by atoms with Crippen LogP contribution in [-0.4, -0.2) is 37.8 Å². The molecule has 0 saturated carbocycles. The molecule has 0 aliphatic carbocycles. The molecule has 3 atom stereocenters. The number of hydrogen-bond acceptors (Lipinski definition) is 4. The molecule has 3 unspecified atom stereocenters. The van der Waals surface area contributed by atoms with Gasteiger partial charge in [0, 0.05) is 35.6 Å². The Hall–Kier alpha value is -2.82. The van der Waals surface area contributed by atoms with Crippen LogP contribution in [0.4, 0.5) is 11.4 Å². The highest BCUT2D eigenvalue weighted by Gasteiger charge is 2.43. The van der Waals surface area contributed by atoms with Gasteiger partial charge in [0.2, 0.25) is 0 Å². The van der Waals surface area contributed by atoms with Crippen molar-refractivity contribution in [3.8, 4) is 0 Å². The van der Waals surface area contributed by atoms with Crippen LogP contribution >= 0.6 is 12.4 Å². The van der Waals surface area contributed by atoms with Gasteiger partial charge in [0.1, 0.15) is 0 Å². The maximum absolute atomic E-state index is 6.16. The molecule has 0 saturated heterocycles. The average molecular weight is 448 g/mol. The topological polar surface area (TPSA) is 28.1 Å². The first-order chi connectivity index (χ1) is 15.1. The summed E-state index contributed by atoms with van der Waals surface area (Å²) in [7, 11) is 4.28. The minimum Gasteiger partial charge on any atom is -0.386 e. The van der Waals surface area contributed by atoms with E-state index in [9.17, 15) is 0 Å². The molecule has 5 rings (SSSR count). The van der Waals surface area contributed by atoms with Crippen molar-refractivity contribution in [1.29, 1.82) is 0 Å². The third kappa shape index (κ3) is 4.01. The molecular formula is C27H30ClN3O. The largest absolute Gasteiger partial charge is 0.386 e. The molecule has 3 aromatic carbocycles. The van der Waals surface area contributed by atoms with Gasteiger partial charge in [0.25, 0.3) is 0 Å². The smallest absolute Gasteiger partial charge is 0.167 e. The number of hydrogen-bond donors (Lipinski definition) is 0. The second kappa shape index (κ2) is 9.35. The SMILES string of the molecule is CC(CN(C)C)CN1c2ccccc2C2ON=C(c3ccccc3)C2c2ccccc21.Cl. The summed E-state index contributed by atoms with van der Waals surface area (Å²) in [5.74, 6) is 0.575. The predicted octanol–water partition coefficient (Wildman–Crippen LogP) is 6.02. The Morgan fingerprint density at radius 1 is 0.875 bits per heavy atom. The first-order valence-corrected chi connectivity index (χ1v) is 11.0. The van der Waals surface area contributed by atoms with Crippen molar-refractivity contribution < 1.29 is 4.84 Å². The number of halogens is 1. The molecule has 166 valence electrons. The van der Waals surface area contributed by atoms with Crippen molar-refractivity contribution in [2.75, 3.05) is 32.1 Å². The third-order valence-electron chi connectivity index (χ3n) is 6.20. The van der Waals surface area contributed by atoms with E-state index in [0.717, 1.165) is 24.4 Å². The highest BCUT2D eigenvalue weighted by molar-refractivity contribution is 6.07. The molecule has 2 aliphatic heterocycles. The molecule has 0 fully saturated rings. The first-order valence-electron chi connectivity index (χ1n) is 11.0. The molecule has 5 heteroatoms. The van der Waals surface area contributed by atoms with E-state index < -0.39 is 0 Å². The van der Waals surface area contributed by atoms with E-state index in [0.29, 0.717) is 5.92 Å². The molecule has 0 bridgehead atoms. The molecule has 3 aromatic rings. The van der Waals surface area contributed by atoms with Gasteiger partial charge in [-0.15, -0.1) is 12.4 Å². The van der Waals surface area contributed by atoms with Crippen LogP contribution in [0.5, 0.6) is 0 Å². The Bertz CT molecular complexity index is 1100. The van der Waals surface area contributed by atoms with Crippen molar-refractivity contribution in [3.05, 3.63) is 95.6 Å². The van der Waals surface area contributed by atoms with Crippen LogP contribution in [0, 0.1) is 5.92 Å². The summed E-state index contributed by atoms with van der Waals surface area (Å²) < 4.78 is 0. The van der Waals surface area contributed by atoms with Crippen molar-refractivity contribution in [3.63, 3.8) is 0 Å². The molecule has 32 heavy (non-hydrogen) atoms. The maximum atomic E-state index is 6.16. The number of anilines is 2. The Morgan fingerprint density at radius 3 is 2.16 bits per heavy atom. The molecule has 2 heterocycles. The van der Waals surface area contributed by atoms with E-state index in [2.05, 4.69) is 109 Å². The van der Waals surface area contributed by atoms with Gasteiger partial charge in [-0.3, -0.25) is 0 Å². The van der Waals surface area contributed by atoms with Crippen LogP contribution in [0.25, 0.3) is 0 Å². The summed E-state index contributed by atoms with van der Waals surface area (Å²) in [6.45, 7) is 4.31. The minimum atomic E-state index is -0.123. The van der Waals surface area contributed by atoms with Gasteiger partial charge in [-0.05, 0) is 37.7 Å². The van der Waals surface area contributed by atoms with Gasteiger partial charge in [-0.25, -0.2) is 0 Å². The van der Waals surface area contributed by atoms with Crippen molar-refractivity contribution in [2.24, 2.45) is 11.1 Å². The Labute approximate surface area is 196 Å². The number of nitrogens with zero attached hydrogens (tertiary/aromatic N) is 3. The summed E-state index contributed by atoms with van der Waals surface area (Å²) in [4.78, 5) is 10.9. The zero-order valence-electron chi connectivity index (χ0n) is 18.8. The van der Waals surface area contributed by atoms with Gasteiger partial charge >= 0.3 is 0 Å². The standard InChI is InChI=1S/C27H29N3O.ClH/c1-19(17-29(2)3)18-30-23-15-9-7-13-21(23)25-26(20-11-5-4-6-12-20)28-31-27(25)22-14-8-10-16-24(22)30;/h4-16,19,25,27H,17-18H2,1-3H3;1H. The number of rotatable bonds is 5. The summed E-state index contributed by atoms with van der Waals surface area (Å²) in [5.41, 5.74) is 7.09. The number of oxime groups is 1. The number of para-hydroxylation sites is 2. The summed E-state index contributed by atoms with van der Waals surface area (Å²) in [6.07, 6.45) is -0.123. The van der Waals surface area contributed by atoms with Crippen molar-refractivity contribution >= 4 is 29.5 Å². The molecule has 0 N–H and O–H groups in total. The highest BCUT2D eigenvalue weighted by atomic mass is 35.5. The summed E-state index contributed by atoms with van der Waals surface area (Å²) in [6, 6.07) is 27.8. The molecule has 0 spiro atoms. The second-order valence-electron chi connectivity index (χ2n) is 8.94. The van der Waals surface area contributed by atoms with Gasteiger partial charge in [-0.1, -0.05) is 78.8 Å². The van der Waals surface area contributed by atoms with Gasteiger partial charge in [0.05, 0.1) is 11.6 Å². The molecule has 0 radical (unpaired) electrons. The van der Waals surface area contributed by atoms with Crippen molar-refractivity contribution in [2.45, 2.75) is 18.9 Å². The van der Waals surface area contributed by atoms with Crippen LogP contribution in [0.15, 0.2) is 84.0 Å². The van der Waals surface area contributed by atoms with Crippen LogP contribution in [-0.2, 0) is 4.84 Å². The van der Waals surface area contributed by atoms with Gasteiger partial charge < -0.3 is 14.6 Å². The Balaban J connectivity index is 0.00000245. The van der Waals surface area contributed by atoms with Crippen LogP contribution in [0.1, 0.15) is 35.6 Å². The van der Waals surface area contributed by atoms with Crippen LogP contribution in [0.3, 0.4) is 0 Å². The fourth-order valence-electron chi connectivity index (χ4n) is 5.05. The van der Waals surface area contributed by atoms with Crippen LogP contribution < -0.4 is 4.90 Å². The quantitative estimate of drug-likeness (QED) is 0.479. The molecule has 4 nitrogen and oxygen atoms in total. The fourth-order valence-corrected chi connectivity index (χ4v) is 5.05. The predicted molar refractivity (Wildman–Crippen MR) is 134 cm³/mol. The lowest BCUT2D eigenvalue weighted by atomic mass is 9.83. The fraction of sp³-hybridized carbons (Fsp3) is 0.296. The van der Waals surface area contributed by atoms with E-state index in [1.54, 1.807) is 0 Å². The van der Waals surface area contributed by atoms with E-state index >= 15 is 0 Å². The Kier molecular flexibility index (Phi) is 6.54. The zero-order valence-corrected chi connectivity index (χ0v) is 19.6. The van der Waals surface area contributed by atoms with Gasteiger partial charge in [-0.2, -0.15) is 0 Å². The van der Waals surface area contributed by atoms with E-state index in [4.69, 9.17) is 4.84 Å². The normalized spacial score (nSPS) is 19.6.